The van der Waals surface area contributed by atoms with Crippen LogP contribution in [0.4, 0.5) is 0 Å². The maximum atomic E-state index is 5.59. The van der Waals surface area contributed by atoms with E-state index in [-0.39, 0.29) is 0 Å². The highest BCUT2D eigenvalue weighted by Crippen LogP contribution is 2.17. The Bertz CT molecular complexity index is 510. The van der Waals surface area contributed by atoms with E-state index in [1.807, 2.05) is 12.1 Å². The van der Waals surface area contributed by atoms with Crippen LogP contribution in [-0.2, 0) is 6.42 Å². The normalized spacial score (nSPS) is 11.2. The molecule has 2 heterocycles. The molecule has 0 amide bonds. The number of hydrogen-bond donors (Lipinski definition) is 1. The summed E-state index contributed by atoms with van der Waals surface area (Å²) in [6.07, 6.45) is 3.47. The minimum atomic E-state index is 0.472. The van der Waals surface area contributed by atoms with Gasteiger partial charge in [0.05, 0.1) is 0 Å². The molecule has 0 fully saturated rings. The van der Waals surface area contributed by atoms with E-state index in [0.29, 0.717) is 23.5 Å². The second kappa shape index (κ2) is 6.77. The second-order valence-corrected chi connectivity index (χ2v) is 5.49. The molecule has 1 N–H and O–H groups in total. The number of aromatic nitrogens is 3. The Balaban J connectivity index is 1.90. The van der Waals surface area contributed by atoms with Crippen molar-refractivity contribution in [2.45, 2.75) is 32.7 Å². The first-order valence-electron chi connectivity index (χ1n) is 6.33. The Labute approximate surface area is 121 Å². The lowest BCUT2D eigenvalue weighted by molar-refractivity contribution is 0.483. The minimum Gasteiger partial charge on any atom is -0.419 e. The fraction of sp³-hybridized carbons (Fsp3) is 0.462. The zero-order valence-corrected chi connectivity index (χ0v) is 12.6. The number of nitrogens with zero attached hydrogens (tertiary/aromatic N) is 3. The Morgan fingerprint density at radius 2 is 2.16 bits per heavy atom. The molecular formula is C13H17BrN4O. The Morgan fingerprint density at radius 1 is 1.32 bits per heavy atom. The van der Waals surface area contributed by atoms with E-state index in [4.69, 9.17) is 4.42 Å². The van der Waals surface area contributed by atoms with Gasteiger partial charge >= 0.3 is 0 Å². The molecule has 6 heteroatoms. The lowest BCUT2D eigenvalue weighted by Crippen LogP contribution is -2.23. The Hall–Kier alpha value is -1.27. The molecule has 2 aromatic rings. The third-order valence-corrected chi connectivity index (χ3v) is 3.00. The zero-order chi connectivity index (χ0) is 13.7. The molecule has 0 unspecified atom stereocenters. The van der Waals surface area contributed by atoms with E-state index in [1.165, 1.54) is 0 Å². The zero-order valence-electron chi connectivity index (χ0n) is 11.1. The molecule has 0 aromatic carbocycles. The summed E-state index contributed by atoms with van der Waals surface area (Å²) >= 11 is 3.34. The molecule has 2 aromatic heterocycles. The van der Waals surface area contributed by atoms with Gasteiger partial charge in [-0.3, -0.25) is 0 Å². The fourth-order valence-electron chi connectivity index (χ4n) is 1.59. The number of nitrogens with one attached hydrogen (secondary N) is 1. The first-order valence-corrected chi connectivity index (χ1v) is 7.12. The summed E-state index contributed by atoms with van der Waals surface area (Å²) in [6, 6.07) is 4.26. The predicted molar refractivity (Wildman–Crippen MR) is 76.7 cm³/mol. The summed E-state index contributed by atoms with van der Waals surface area (Å²) in [7, 11) is 0. The highest BCUT2D eigenvalue weighted by molar-refractivity contribution is 9.10. The largest absolute Gasteiger partial charge is 0.419 e. The summed E-state index contributed by atoms with van der Waals surface area (Å²) in [5.74, 6) is 1.13. The summed E-state index contributed by atoms with van der Waals surface area (Å²) < 4.78 is 6.52. The lowest BCUT2D eigenvalue weighted by Gasteiger charge is -2.05. The average Bonchev–Trinajstić information content (AvgIpc) is 2.84. The van der Waals surface area contributed by atoms with Crippen LogP contribution in [0.25, 0.3) is 11.6 Å². The van der Waals surface area contributed by atoms with Gasteiger partial charge in [0.25, 0.3) is 5.89 Å². The van der Waals surface area contributed by atoms with Crippen LogP contribution in [0.2, 0.25) is 0 Å². The smallest absolute Gasteiger partial charge is 0.266 e. The van der Waals surface area contributed by atoms with Gasteiger partial charge in [-0.25, -0.2) is 4.98 Å². The van der Waals surface area contributed by atoms with Crippen molar-refractivity contribution in [1.82, 2.24) is 20.5 Å². The highest BCUT2D eigenvalue weighted by atomic mass is 79.9. The molecule has 0 aliphatic heterocycles. The summed E-state index contributed by atoms with van der Waals surface area (Å²) in [6.45, 7) is 5.21. The Kier molecular flexibility index (Phi) is 5.04. The van der Waals surface area contributed by atoms with Crippen LogP contribution in [0.3, 0.4) is 0 Å². The van der Waals surface area contributed by atoms with Crippen LogP contribution in [0, 0.1) is 0 Å². The fourth-order valence-corrected chi connectivity index (χ4v) is 1.83. The van der Waals surface area contributed by atoms with Gasteiger partial charge in [0.15, 0.2) is 0 Å². The van der Waals surface area contributed by atoms with E-state index in [1.54, 1.807) is 6.20 Å². The second-order valence-electron chi connectivity index (χ2n) is 4.57. The van der Waals surface area contributed by atoms with E-state index in [9.17, 15) is 0 Å². The number of hydrogen-bond acceptors (Lipinski definition) is 5. The van der Waals surface area contributed by atoms with Gasteiger partial charge in [0, 0.05) is 23.1 Å². The van der Waals surface area contributed by atoms with E-state index < -0.39 is 0 Å². The van der Waals surface area contributed by atoms with Gasteiger partial charge in [0.2, 0.25) is 5.89 Å². The number of halogens is 1. The summed E-state index contributed by atoms with van der Waals surface area (Å²) in [4.78, 5) is 4.23. The van der Waals surface area contributed by atoms with E-state index in [2.05, 4.69) is 50.3 Å². The number of aryl methyl sites for hydroxylation is 1. The summed E-state index contributed by atoms with van der Waals surface area (Å²) in [5.41, 5.74) is 0.697. The van der Waals surface area contributed by atoms with Gasteiger partial charge in [-0.2, -0.15) is 0 Å². The van der Waals surface area contributed by atoms with Crippen LogP contribution < -0.4 is 5.32 Å². The molecule has 2 rings (SSSR count). The monoisotopic (exact) mass is 324 g/mol. The predicted octanol–water partition coefficient (Wildman–Crippen LogP) is 2.82. The van der Waals surface area contributed by atoms with Crippen molar-refractivity contribution < 1.29 is 4.42 Å². The topological polar surface area (TPSA) is 63.8 Å². The standard InChI is InChI=1S/C13H17BrN4O/c1-9(2)15-7-3-4-12-17-18-13(19-12)11-6-5-10(14)8-16-11/h5-6,8-9,15H,3-4,7H2,1-2H3. The van der Waals surface area contributed by atoms with Crippen molar-refractivity contribution in [2.24, 2.45) is 0 Å². The van der Waals surface area contributed by atoms with Gasteiger partial charge < -0.3 is 9.73 Å². The lowest BCUT2D eigenvalue weighted by atomic mass is 10.3. The highest BCUT2D eigenvalue weighted by Gasteiger charge is 2.09. The molecule has 0 spiro atoms. The van der Waals surface area contributed by atoms with Crippen molar-refractivity contribution in [2.75, 3.05) is 6.54 Å². The molecule has 5 nitrogen and oxygen atoms in total. The number of rotatable bonds is 6. The van der Waals surface area contributed by atoms with Crippen LogP contribution in [-0.4, -0.2) is 27.8 Å². The van der Waals surface area contributed by atoms with Crippen LogP contribution in [0.15, 0.2) is 27.2 Å². The third-order valence-electron chi connectivity index (χ3n) is 2.53. The van der Waals surface area contributed by atoms with Crippen LogP contribution in [0.5, 0.6) is 0 Å². The average molecular weight is 325 g/mol. The van der Waals surface area contributed by atoms with Gasteiger partial charge in [-0.15, -0.1) is 10.2 Å². The minimum absolute atomic E-state index is 0.472. The van der Waals surface area contributed by atoms with Crippen molar-refractivity contribution in [3.05, 3.63) is 28.7 Å². The molecule has 0 saturated carbocycles. The SMILES string of the molecule is CC(C)NCCCc1nnc(-c2ccc(Br)cn2)o1. The molecule has 0 atom stereocenters. The quantitative estimate of drug-likeness (QED) is 0.828. The molecule has 0 aliphatic carbocycles. The first kappa shape index (κ1) is 14.1. The van der Waals surface area contributed by atoms with Crippen molar-refractivity contribution >= 4 is 15.9 Å². The first-order chi connectivity index (χ1) is 9.15. The molecule has 0 aliphatic rings. The van der Waals surface area contributed by atoms with Crippen molar-refractivity contribution in [3.8, 4) is 11.6 Å². The molecule has 0 radical (unpaired) electrons. The molecular weight excluding hydrogens is 308 g/mol. The molecule has 0 saturated heterocycles. The van der Waals surface area contributed by atoms with Gasteiger partial charge in [-0.1, -0.05) is 13.8 Å². The van der Waals surface area contributed by atoms with Crippen LogP contribution >= 0.6 is 15.9 Å². The molecule has 19 heavy (non-hydrogen) atoms. The Morgan fingerprint density at radius 3 is 2.84 bits per heavy atom. The summed E-state index contributed by atoms with van der Waals surface area (Å²) in [5, 5.41) is 11.4. The maximum Gasteiger partial charge on any atom is 0.266 e. The van der Waals surface area contributed by atoms with Crippen molar-refractivity contribution in [1.29, 1.82) is 0 Å². The van der Waals surface area contributed by atoms with E-state index >= 15 is 0 Å². The molecule has 0 bridgehead atoms. The van der Waals surface area contributed by atoms with E-state index in [0.717, 1.165) is 23.9 Å². The van der Waals surface area contributed by atoms with Crippen molar-refractivity contribution in [3.63, 3.8) is 0 Å². The third kappa shape index (κ3) is 4.40. The van der Waals surface area contributed by atoms with Gasteiger partial charge in [-0.05, 0) is 41.0 Å². The van der Waals surface area contributed by atoms with Crippen LogP contribution in [0.1, 0.15) is 26.2 Å². The number of pyridine rings is 1. The van der Waals surface area contributed by atoms with Gasteiger partial charge in [0.1, 0.15) is 5.69 Å². The maximum absolute atomic E-state index is 5.59. The molecule has 102 valence electrons.